The van der Waals surface area contributed by atoms with Crippen molar-refractivity contribution in [3.63, 3.8) is 0 Å². The van der Waals surface area contributed by atoms with Crippen molar-refractivity contribution in [2.45, 2.75) is 25.3 Å². The molecule has 1 atom stereocenters. The van der Waals surface area contributed by atoms with Crippen LogP contribution in [0.4, 0.5) is 0 Å². The highest BCUT2D eigenvalue weighted by Crippen LogP contribution is 2.39. The van der Waals surface area contributed by atoms with Crippen LogP contribution in [0, 0.1) is 0 Å². The van der Waals surface area contributed by atoms with E-state index in [9.17, 15) is 4.79 Å². The molecule has 2 aliphatic heterocycles. The summed E-state index contributed by atoms with van der Waals surface area (Å²) in [5.74, 6) is 2.77. The topological polar surface area (TPSA) is 70.1 Å². The fourth-order valence-corrected chi connectivity index (χ4v) is 5.16. The second kappa shape index (κ2) is 9.31. The molecule has 3 heterocycles. The van der Waals surface area contributed by atoms with E-state index in [0.717, 1.165) is 46.9 Å². The van der Waals surface area contributed by atoms with Crippen LogP contribution in [0.1, 0.15) is 41.4 Å². The number of ether oxygens (including phenoxy) is 4. The van der Waals surface area contributed by atoms with Gasteiger partial charge < -0.3 is 23.8 Å². The molecule has 0 bridgehead atoms. The molecule has 1 amide bonds. The summed E-state index contributed by atoms with van der Waals surface area (Å²) < 4.78 is 22.3. The van der Waals surface area contributed by atoms with Crippen molar-refractivity contribution in [3.8, 4) is 33.6 Å². The minimum atomic E-state index is -0.0485. The molecule has 5 rings (SSSR count). The summed E-state index contributed by atoms with van der Waals surface area (Å²) in [7, 11) is 3.21. The zero-order valence-electron chi connectivity index (χ0n) is 18.7. The van der Waals surface area contributed by atoms with Crippen molar-refractivity contribution in [2.75, 3.05) is 34.0 Å². The number of rotatable bonds is 5. The standard InChI is InChI=1S/C25H26N2O5S/c1-29-20-8-7-17(14-22(20)30-2)24-26-18(15-33-24)25(28)27-10-3-5-19(27)16-6-9-21-23(13-16)32-12-4-11-31-21/h6-9,13-15,19H,3-5,10-12H2,1-2H3/t19-/m0/s1. The minimum absolute atomic E-state index is 0.000818. The normalized spacial score (nSPS) is 17.5. The number of carbonyl (C=O) groups excluding carboxylic acids is 1. The predicted molar refractivity (Wildman–Crippen MR) is 126 cm³/mol. The van der Waals surface area contributed by atoms with E-state index in [1.807, 2.05) is 46.7 Å². The number of hydrogen-bond donors (Lipinski definition) is 0. The average Bonchev–Trinajstić information content (AvgIpc) is 3.48. The van der Waals surface area contributed by atoms with Gasteiger partial charge in [0.2, 0.25) is 0 Å². The second-order valence-corrected chi connectivity index (χ2v) is 8.88. The number of amides is 1. The molecule has 1 fully saturated rings. The Morgan fingerprint density at radius 1 is 1.03 bits per heavy atom. The maximum absolute atomic E-state index is 13.4. The van der Waals surface area contributed by atoms with Gasteiger partial charge in [-0.1, -0.05) is 6.07 Å². The van der Waals surface area contributed by atoms with E-state index in [1.54, 1.807) is 14.2 Å². The third kappa shape index (κ3) is 4.23. The zero-order chi connectivity index (χ0) is 22.8. The molecule has 2 aliphatic rings. The van der Waals surface area contributed by atoms with Crippen molar-refractivity contribution in [1.29, 1.82) is 0 Å². The molecular weight excluding hydrogens is 440 g/mol. The molecule has 1 saturated heterocycles. The highest BCUT2D eigenvalue weighted by Gasteiger charge is 2.32. The van der Waals surface area contributed by atoms with Gasteiger partial charge in [0.1, 0.15) is 10.7 Å². The Labute approximate surface area is 196 Å². The first kappa shape index (κ1) is 21.6. The monoisotopic (exact) mass is 466 g/mol. The quantitative estimate of drug-likeness (QED) is 0.529. The Bertz CT molecular complexity index is 1160. The number of aromatic nitrogens is 1. The zero-order valence-corrected chi connectivity index (χ0v) is 19.5. The fraction of sp³-hybridized carbons (Fsp3) is 0.360. The van der Waals surface area contributed by atoms with Crippen LogP contribution < -0.4 is 18.9 Å². The summed E-state index contributed by atoms with van der Waals surface area (Å²) in [6.45, 7) is 2.01. The Morgan fingerprint density at radius 2 is 1.85 bits per heavy atom. The number of nitrogens with zero attached hydrogens (tertiary/aromatic N) is 2. The van der Waals surface area contributed by atoms with Crippen molar-refractivity contribution in [1.82, 2.24) is 9.88 Å². The first-order valence-corrected chi connectivity index (χ1v) is 11.9. The van der Waals surface area contributed by atoms with Crippen LogP contribution in [0.15, 0.2) is 41.8 Å². The molecule has 172 valence electrons. The van der Waals surface area contributed by atoms with E-state index in [1.165, 1.54) is 11.3 Å². The second-order valence-electron chi connectivity index (χ2n) is 8.02. The Kier molecular flexibility index (Phi) is 6.09. The summed E-state index contributed by atoms with van der Waals surface area (Å²) in [4.78, 5) is 20.0. The van der Waals surface area contributed by atoms with E-state index < -0.39 is 0 Å². The van der Waals surface area contributed by atoms with E-state index in [4.69, 9.17) is 18.9 Å². The van der Waals surface area contributed by atoms with E-state index in [-0.39, 0.29) is 11.9 Å². The van der Waals surface area contributed by atoms with Gasteiger partial charge in [-0.25, -0.2) is 4.98 Å². The van der Waals surface area contributed by atoms with Gasteiger partial charge in [-0.05, 0) is 48.7 Å². The van der Waals surface area contributed by atoms with Gasteiger partial charge in [0.15, 0.2) is 23.0 Å². The van der Waals surface area contributed by atoms with E-state index >= 15 is 0 Å². The summed E-state index contributed by atoms with van der Waals surface area (Å²) in [6, 6.07) is 11.7. The van der Waals surface area contributed by atoms with Crippen LogP contribution in [0.3, 0.4) is 0 Å². The van der Waals surface area contributed by atoms with Gasteiger partial charge in [-0.3, -0.25) is 4.79 Å². The van der Waals surface area contributed by atoms with Crippen LogP contribution in [0.5, 0.6) is 23.0 Å². The van der Waals surface area contributed by atoms with Gasteiger partial charge in [-0.15, -0.1) is 11.3 Å². The number of hydrogen-bond acceptors (Lipinski definition) is 7. The lowest BCUT2D eigenvalue weighted by atomic mass is 10.0. The fourth-order valence-electron chi connectivity index (χ4n) is 4.36. The lowest BCUT2D eigenvalue weighted by Gasteiger charge is -2.25. The van der Waals surface area contributed by atoms with Crippen LogP contribution in [-0.4, -0.2) is 49.8 Å². The number of methoxy groups -OCH3 is 2. The highest BCUT2D eigenvalue weighted by atomic mass is 32.1. The minimum Gasteiger partial charge on any atom is -0.493 e. The molecule has 0 unspecified atom stereocenters. The molecule has 0 spiro atoms. The molecule has 8 heteroatoms. The Hall–Kier alpha value is -3.26. The molecule has 33 heavy (non-hydrogen) atoms. The summed E-state index contributed by atoms with van der Waals surface area (Å²) in [5.41, 5.74) is 2.42. The van der Waals surface area contributed by atoms with Gasteiger partial charge in [-0.2, -0.15) is 0 Å². The van der Waals surface area contributed by atoms with Crippen LogP contribution in [-0.2, 0) is 0 Å². The predicted octanol–water partition coefficient (Wildman–Crippen LogP) is 4.97. The first-order valence-electron chi connectivity index (χ1n) is 11.1. The van der Waals surface area contributed by atoms with Gasteiger partial charge in [0.25, 0.3) is 5.91 Å². The number of fused-ring (bicyclic) bond motifs is 1. The van der Waals surface area contributed by atoms with Gasteiger partial charge >= 0.3 is 0 Å². The summed E-state index contributed by atoms with van der Waals surface area (Å²) in [6.07, 6.45) is 2.74. The molecule has 0 N–H and O–H groups in total. The third-order valence-corrected chi connectivity index (χ3v) is 6.92. The maximum Gasteiger partial charge on any atom is 0.273 e. The van der Waals surface area contributed by atoms with Crippen LogP contribution in [0.2, 0.25) is 0 Å². The van der Waals surface area contributed by atoms with Crippen molar-refractivity contribution in [2.24, 2.45) is 0 Å². The van der Waals surface area contributed by atoms with Crippen molar-refractivity contribution in [3.05, 3.63) is 53.0 Å². The van der Waals surface area contributed by atoms with E-state index in [0.29, 0.717) is 37.0 Å². The molecule has 2 aromatic carbocycles. The van der Waals surface area contributed by atoms with Crippen LogP contribution in [0.25, 0.3) is 10.6 Å². The largest absolute Gasteiger partial charge is 0.493 e. The Morgan fingerprint density at radius 3 is 2.67 bits per heavy atom. The highest BCUT2D eigenvalue weighted by molar-refractivity contribution is 7.13. The first-order chi connectivity index (χ1) is 16.2. The molecule has 7 nitrogen and oxygen atoms in total. The maximum atomic E-state index is 13.4. The molecule has 3 aromatic rings. The summed E-state index contributed by atoms with van der Waals surface area (Å²) >= 11 is 1.45. The van der Waals surface area contributed by atoms with E-state index in [2.05, 4.69) is 4.98 Å². The third-order valence-electron chi connectivity index (χ3n) is 6.02. The average molecular weight is 467 g/mol. The lowest BCUT2D eigenvalue weighted by molar-refractivity contribution is 0.0730. The molecular formula is C25H26N2O5S. The molecule has 1 aromatic heterocycles. The smallest absolute Gasteiger partial charge is 0.273 e. The molecule has 0 saturated carbocycles. The number of thiazole rings is 1. The van der Waals surface area contributed by atoms with Crippen molar-refractivity contribution >= 4 is 17.2 Å². The lowest BCUT2D eigenvalue weighted by Crippen LogP contribution is -2.30. The van der Waals surface area contributed by atoms with Gasteiger partial charge in [0, 0.05) is 23.9 Å². The number of benzene rings is 2. The molecule has 0 aliphatic carbocycles. The van der Waals surface area contributed by atoms with Crippen molar-refractivity contribution < 1.29 is 23.7 Å². The SMILES string of the molecule is COc1ccc(-c2nc(C(=O)N3CCC[C@H]3c3ccc4c(c3)OCCCO4)cs2)cc1OC. The number of carbonyl (C=O) groups is 1. The van der Waals surface area contributed by atoms with Gasteiger partial charge in [0.05, 0.1) is 33.5 Å². The molecule has 0 radical (unpaired) electrons. The number of likely N-dealkylation sites (tertiary alicyclic amines) is 1. The summed E-state index contributed by atoms with van der Waals surface area (Å²) in [5, 5.41) is 2.60. The Balaban J connectivity index is 1.38. The van der Waals surface area contributed by atoms with Crippen LogP contribution >= 0.6 is 11.3 Å².